The molecule has 0 saturated carbocycles. The van der Waals surface area contributed by atoms with Crippen molar-refractivity contribution in [1.82, 2.24) is 8.75 Å². The molecule has 0 aliphatic rings. The fourth-order valence-electron chi connectivity index (χ4n) is 3.74. The van der Waals surface area contributed by atoms with E-state index in [1.54, 1.807) is 38.1 Å². The van der Waals surface area contributed by atoms with Gasteiger partial charge in [-0.15, -0.1) is 11.3 Å². The molecule has 4 rings (SSSR count). The standard InChI is InChI=1S/C22H20N4O5S3/c1-11-8-12(2)20(13(3)15(11)10-19(27)28)23-22(29)21-18(6-7-32-21)34(30,31)26-14-4-5-16-17(9-14)25-33-24-16/h4-9,26H,10H2,1-3H3,(H,23,29)(H,27,28). The summed E-state index contributed by atoms with van der Waals surface area (Å²) in [5, 5.41) is 13.6. The molecular formula is C22H20N4O5S3. The average molecular weight is 517 g/mol. The first kappa shape index (κ1) is 23.8. The SMILES string of the molecule is Cc1cc(C)c(NC(=O)c2sccc2S(=O)(=O)Nc2ccc3nsnc3c2)c(C)c1CC(=O)O. The number of carboxylic acids is 1. The Morgan fingerprint density at radius 2 is 1.76 bits per heavy atom. The number of benzene rings is 2. The number of aryl methyl sites for hydroxylation is 2. The molecule has 0 radical (unpaired) electrons. The van der Waals surface area contributed by atoms with E-state index in [1.807, 2.05) is 6.92 Å². The van der Waals surface area contributed by atoms with E-state index in [4.69, 9.17) is 0 Å². The van der Waals surface area contributed by atoms with Gasteiger partial charge in [-0.25, -0.2) is 8.42 Å². The van der Waals surface area contributed by atoms with Crippen LogP contribution in [0.3, 0.4) is 0 Å². The quantitative estimate of drug-likeness (QED) is 0.332. The van der Waals surface area contributed by atoms with Crippen molar-refractivity contribution in [3.05, 3.63) is 62.8 Å². The first-order chi connectivity index (χ1) is 16.1. The Bertz CT molecular complexity index is 1540. The van der Waals surface area contributed by atoms with Crippen LogP contribution in [0.5, 0.6) is 0 Å². The second kappa shape index (κ2) is 9.12. The lowest BCUT2D eigenvalue weighted by atomic mass is 9.95. The molecule has 34 heavy (non-hydrogen) atoms. The normalized spacial score (nSPS) is 11.5. The Kier molecular flexibility index (Phi) is 6.39. The van der Waals surface area contributed by atoms with Crippen molar-refractivity contribution in [3.63, 3.8) is 0 Å². The minimum atomic E-state index is -4.06. The number of aliphatic carboxylic acids is 1. The minimum absolute atomic E-state index is 0.0167. The molecule has 0 fully saturated rings. The van der Waals surface area contributed by atoms with E-state index in [1.165, 1.54) is 11.4 Å². The summed E-state index contributed by atoms with van der Waals surface area (Å²) in [6.45, 7) is 5.36. The van der Waals surface area contributed by atoms with E-state index in [0.717, 1.165) is 34.2 Å². The minimum Gasteiger partial charge on any atom is -0.481 e. The summed E-state index contributed by atoms with van der Waals surface area (Å²) < 4.78 is 36.9. The zero-order valence-corrected chi connectivity index (χ0v) is 20.8. The molecule has 2 aromatic carbocycles. The Morgan fingerprint density at radius 1 is 1.03 bits per heavy atom. The number of fused-ring (bicyclic) bond motifs is 1. The van der Waals surface area contributed by atoms with Crippen LogP contribution < -0.4 is 10.0 Å². The van der Waals surface area contributed by atoms with Crippen molar-refractivity contribution in [2.24, 2.45) is 0 Å². The molecule has 0 aliphatic carbocycles. The average Bonchev–Trinajstić information content (AvgIpc) is 3.43. The van der Waals surface area contributed by atoms with Crippen molar-refractivity contribution >= 4 is 67.4 Å². The van der Waals surface area contributed by atoms with Gasteiger partial charge in [0.05, 0.1) is 23.8 Å². The zero-order valence-electron chi connectivity index (χ0n) is 18.4. The molecule has 3 N–H and O–H groups in total. The number of rotatable bonds is 7. The van der Waals surface area contributed by atoms with Gasteiger partial charge in [0.25, 0.3) is 15.9 Å². The van der Waals surface area contributed by atoms with Gasteiger partial charge in [0, 0.05) is 5.69 Å². The molecular weight excluding hydrogens is 496 g/mol. The molecule has 0 unspecified atom stereocenters. The van der Waals surface area contributed by atoms with Crippen molar-refractivity contribution in [3.8, 4) is 0 Å². The lowest BCUT2D eigenvalue weighted by molar-refractivity contribution is -0.136. The molecule has 12 heteroatoms. The number of carbonyl (C=O) groups excluding carboxylic acids is 1. The van der Waals surface area contributed by atoms with Crippen LogP contribution in [0.2, 0.25) is 0 Å². The topological polar surface area (TPSA) is 138 Å². The Hall–Kier alpha value is -3.35. The second-order valence-electron chi connectivity index (χ2n) is 7.70. The van der Waals surface area contributed by atoms with E-state index >= 15 is 0 Å². The third kappa shape index (κ3) is 4.65. The van der Waals surface area contributed by atoms with Gasteiger partial charge >= 0.3 is 5.97 Å². The Balaban J connectivity index is 1.63. The number of nitrogens with one attached hydrogen (secondary N) is 2. The first-order valence-electron chi connectivity index (χ1n) is 10.0. The molecule has 0 spiro atoms. The van der Waals surface area contributed by atoms with E-state index in [9.17, 15) is 23.1 Å². The molecule has 9 nitrogen and oxygen atoms in total. The van der Waals surface area contributed by atoms with E-state index in [0.29, 0.717) is 33.5 Å². The van der Waals surface area contributed by atoms with Crippen LogP contribution in [-0.2, 0) is 21.2 Å². The van der Waals surface area contributed by atoms with Crippen LogP contribution in [0.4, 0.5) is 11.4 Å². The van der Waals surface area contributed by atoms with Gasteiger partial charge in [0.15, 0.2) is 0 Å². The van der Waals surface area contributed by atoms with Gasteiger partial charge in [-0.3, -0.25) is 14.3 Å². The Morgan fingerprint density at radius 3 is 2.50 bits per heavy atom. The summed E-state index contributed by atoms with van der Waals surface area (Å²) in [5.41, 5.74) is 4.82. The zero-order chi connectivity index (χ0) is 24.6. The van der Waals surface area contributed by atoms with Crippen LogP contribution >= 0.6 is 23.1 Å². The monoisotopic (exact) mass is 516 g/mol. The number of anilines is 2. The first-order valence-corrected chi connectivity index (χ1v) is 13.1. The molecule has 0 saturated heterocycles. The summed E-state index contributed by atoms with van der Waals surface area (Å²) in [6.07, 6.45) is -0.178. The molecule has 0 aliphatic heterocycles. The van der Waals surface area contributed by atoms with Crippen LogP contribution in [0, 0.1) is 20.8 Å². The number of carbonyl (C=O) groups is 2. The van der Waals surface area contributed by atoms with Crippen molar-refractivity contribution in [1.29, 1.82) is 0 Å². The number of carboxylic acid groups (broad SMARTS) is 1. The maximum atomic E-state index is 13.1. The maximum Gasteiger partial charge on any atom is 0.307 e. The summed E-state index contributed by atoms with van der Waals surface area (Å²) >= 11 is 2.03. The summed E-state index contributed by atoms with van der Waals surface area (Å²) in [5.74, 6) is -1.57. The lowest BCUT2D eigenvalue weighted by Gasteiger charge is -2.17. The fraction of sp³-hybridized carbons (Fsp3) is 0.182. The highest BCUT2D eigenvalue weighted by molar-refractivity contribution is 7.93. The van der Waals surface area contributed by atoms with Crippen molar-refractivity contribution in [2.75, 3.05) is 10.0 Å². The molecule has 4 aromatic rings. The number of aromatic nitrogens is 2. The van der Waals surface area contributed by atoms with Crippen molar-refractivity contribution in [2.45, 2.75) is 32.1 Å². The number of amides is 1. The van der Waals surface area contributed by atoms with Gasteiger partial charge in [-0.05, 0) is 72.7 Å². The van der Waals surface area contributed by atoms with Gasteiger partial charge in [0.2, 0.25) is 0 Å². The summed E-state index contributed by atoms with van der Waals surface area (Å²) in [7, 11) is -4.06. The van der Waals surface area contributed by atoms with Crippen LogP contribution in [0.25, 0.3) is 11.0 Å². The summed E-state index contributed by atoms with van der Waals surface area (Å²) in [6, 6.07) is 7.99. The maximum absolute atomic E-state index is 13.1. The van der Waals surface area contributed by atoms with Gasteiger partial charge in [-0.1, -0.05) is 6.07 Å². The lowest BCUT2D eigenvalue weighted by Crippen LogP contribution is -2.19. The molecule has 2 aromatic heterocycles. The molecule has 2 heterocycles. The Labute approximate surface area is 203 Å². The van der Waals surface area contributed by atoms with Crippen molar-refractivity contribution < 1.29 is 23.1 Å². The van der Waals surface area contributed by atoms with Gasteiger partial charge < -0.3 is 10.4 Å². The molecule has 176 valence electrons. The predicted molar refractivity (Wildman–Crippen MR) is 132 cm³/mol. The van der Waals surface area contributed by atoms with E-state index in [-0.39, 0.29) is 16.2 Å². The number of nitrogens with zero attached hydrogens (tertiary/aromatic N) is 2. The summed E-state index contributed by atoms with van der Waals surface area (Å²) in [4.78, 5) is 24.3. The number of thiophene rings is 1. The highest BCUT2D eigenvalue weighted by Crippen LogP contribution is 2.30. The van der Waals surface area contributed by atoms with E-state index in [2.05, 4.69) is 18.8 Å². The second-order valence-corrected chi connectivity index (χ2v) is 10.8. The molecule has 0 atom stereocenters. The van der Waals surface area contributed by atoms with Crippen LogP contribution in [0.15, 0.2) is 40.6 Å². The van der Waals surface area contributed by atoms with E-state index < -0.39 is 21.9 Å². The third-order valence-electron chi connectivity index (χ3n) is 5.33. The smallest absolute Gasteiger partial charge is 0.307 e. The number of hydrogen-bond acceptors (Lipinski definition) is 8. The van der Waals surface area contributed by atoms with Gasteiger partial charge in [-0.2, -0.15) is 8.75 Å². The highest BCUT2D eigenvalue weighted by atomic mass is 32.2. The predicted octanol–water partition coefficient (Wildman–Crippen LogP) is 4.36. The third-order valence-corrected chi connectivity index (χ3v) is 8.35. The van der Waals surface area contributed by atoms with Crippen LogP contribution in [-0.4, -0.2) is 34.1 Å². The molecule has 0 bridgehead atoms. The largest absolute Gasteiger partial charge is 0.481 e. The van der Waals surface area contributed by atoms with Gasteiger partial charge in [0.1, 0.15) is 20.8 Å². The fourth-order valence-corrected chi connectivity index (χ4v) is 6.63. The molecule has 1 amide bonds. The number of hydrogen-bond donors (Lipinski definition) is 3. The number of sulfonamides is 1. The van der Waals surface area contributed by atoms with Crippen LogP contribution in [0.1, 0.15) is 31.9 Å². The highest BCUT2D eigenvalue weighted by Gasteiger charge is 2.26.